The van der Waals surface area contributed by atoms with Crippen LogP contribution < -0.4 is 10.2 Å². The smallest absolute Gasteiger partial charge is 0.263 e. The van der Waals surface area contributed by atoms with Gasteiger partial charge in [0, 0.05) is 43.3 Å². The summed E-state index contributed by atoms with van der Waals surface area (Å²) in [6.45, 7) is 4.05. The van der Waals surface area contributed by atoms with Crippen LogP contribution in [0.25, 0.3) is 16.6 Å². The van der Waals surface area contributed by atoms with Crippen molar-refractivity contribution in [3.63, 3.8) is 0 Å². The summed E-state index contributed by atoms with van der Waals surface area (Å²) in [5.74, 6) is 0.831. The number of carbonyl (C=O) groups is 1. The predicted molar refractivity (Wildman–Crippen MR) is 111 cm³/mol. The summed E-state index contributed by atoms with van der Waals surface area (Å²) in [6.07, 6.45) is 3.61. The van der Waals surface area contributed by atoms with Gasteiger partial charge in [0.1, 0.15) is 15.1 Å². The largest absolute Gasteiger partial charge is 0.354 e. The molecule has 0 spiro atoms. The van der Waals surface area contributed by atoms with E-state index in [4.69, 9.17) is 12.2 Å². The maximum absolute atomic E-state index is 11.8. The Hall–Kier alpha value is -1.81. The van der Waals surface area contributed by atoms with Gasteiger partial charge in [-0.1, -0.05) is 24.0 Å². The van der Waals surface area contributed by atoms with Crippen LogP contribution in [0, 0.1) is 0 Å². The maximum Gasteiger partial charge on any atom is 0.263 e. The van der Waals surface area contributed by atoms with Crippen LogP contribution in [0.1, 0.15) is 5.69 Å². The van der Waals surface area contributed by atoms with Gasteiger partial charge in [0.15, 0.2) is 0 Å². The number of amides is 1. The number of nitrogens with one attached hydrogen (secondary N) is 1. The van der Waals surface area contributed by atoms with E-state index in [1.807, 2.05) is 17.6 Å². The standard InChI is InChI=1S/C17H17N5OS3/c1-21-4-6-22(7-5-21)14-8-11(2-3-18-14)16-19-12(10-25-16)9-13-15(23)20-17(24)26-13/h2-3,8-10H,4-7H2,1H3,(H,20,23,24). The highest BCUT2D eigenvalue weighted by Gasteiger charge is 2.22. The number of thioether (sulfide) groups is 1. The van der Waals surface area contributed by atoms with Gasteiger partial charge in [-0.05, 0) is 25.3 Å². The van der Waals surface area contributed by atoms with E-state index in [2.05, 4.69) is 38.2 Å². The third-order valence-corrected chi connectivity index (χ3v) is 6.33. The highest BCUT2D eigenvalue weighted by atomic mass is 32.2. The molecule has 2 aliphatic heterocycles. The molecule has 4 heterocycles. The summed E-state index contributed by atoms with van der Waals surface area (Å²) in [5.41, 5.74) is 1.81. The van der Waals surface area contributed by atoms with Gasteiger partial charge >= 0.3 is 0 Å². The zero-order chi connectivity index (χ0) is 18.1. The highest BCUT2D eigenvalue weighted by molar-refractivity contribution is 8.26. The molecule has 2 aromatic heterocycles. The molecule has 6 nitrogen and oxygen atoms in total. The molecule has 0 aromatic carbocycles. The molecule has 0 unspecified atom stereocenters. The molecule has 0 radical (unpaired) electrons. The van der Waals surface area contributed by atoms with E-state index in [-0.39, 0.29) is 5.91 Å². The predicted octanol–water partition coefficient (Wildman–Crippen LogP) is 2.45. The van der Waals surface area contributed by atoms with Crippen LogP contribution in [0.4, 0.5) is 5.82 Å². The number of pyridine rings is 1. The van der Waals surface area contributed by atoms with Crippen LogP contribution in [0.3, 0.4) is 0 Å². The number of rotatable bonds is 3. The van der Waals surface area contributed by atoms with Crippen molar-refractivity contribution in [3.05, 3.63) is 34.3 Å². The van der Waals surface area contributed by atoms with Crippen molar-refractivity contribution in [2.45, 2.75) is 0 Å². The van der Waals surface area contributed by atoms with E-state index in [0.717, 1.165) is 48.3 Å². The minimum atomic E-state index is -0.157. The molecule has 26 heavy (non-hydrogen) atoms. The monoisotopic (exact) mass is 403 g/mol. The lowest BCUT2D eigenvalue weighted by Crippen LogP contribution is -2.44. The molecular formula is C17H17N5OS3. The molecule has 0 aliphatic carbocycles. The lowest BCUT2D eigenvalue weighted by Gasteiger charge is -2.33. The second-order valence-corrected chi connectivity index (χ2v) is 8.70. The lowest BCUT2D eigenvalue weighted by molar-refractivity contribution is -0.115. The average molecular weight is 404 g/mol. The SMILES string of the molecule is CN1CCN(c2cc(-c3nc(C=C4SC(=S)NC4=O)cs3)ccn2)CC1. The summed E-state index contributed by atoms with van der Waals surface area (Å²) in [6, 6.07) is 4.06. The van der Waals surface area contributed by atoms with Crippen molar-refractivity contribution in [3.8, 4) is 10.6 Å². The molecule has 2 fully saturated rings. The zero-order valence-corrected chi connectivity index (χ0v) is 16.6. The van der Waals surface area contributed by atoms with Crippen LogP contribution >= 0.6 is 35.3 Å². The molecular weight excluding hydrogens is 386 g/mol. The molecule has 1 N–H and O–H groups in total. The second kappa shape index (κ2) is 7.43. The number of hydrogen-bond donors (Lipinski definition) is 1. The fourth-order valence-corrected chi connectivity index (χ4v) is 4.60. The van der Waals surface area contributed by atoms with Crippen molar-refractivity contribution >= 4 is 57.4 Å². The molecule has 0 atom stereocenters. The number of thiazole rings is 1. The first kappa shape index (κ1) is 17.6. The summed E-state index contributed by atoms with van der Waals surface area (Å²) >= 11 is 7.84. The number of piperazine rings is 1. The summed E-state index contributed by atoms with van der Waals surface area (Å²) in [5, 5.41) is 5.49. The first-order valence-electron chi connectivity index (χ1n) is 8.19. The second-order valence-electron chi connectivity index (χ2n) is 6.12. The Kier molecular flexibility index (Phi) is 5.03. The Bertz CT molecular complexity index is 886. The molecule has 134 valence electrons. The van der Waals surface area contributed by atoms with Crippen molar-refractivity contribution in [2.24, 2.45) is 0 Å². The molecule has 2 saturated heterocycles. The van der Waals surface area contributed by atoms with Gasteiger partial charge in [-0.2, -0.15) is 0 Å². The molecule has 1 amide bonds. The Balaban J connectivity index is 1.54. The van der Waals surface area contributed by atoms with Gasteiger partial charge in [-0.15, -0.1) is 11.3 Å². The number of thiocarbonyl (C=S) groups is 1. The first-order valence-corrected chi connectivity index (χ1v) is 10.3. The van der Waals surface area contributed by atoms with E-state index in [0.29, 0.717) is 9.23 Å². The van der Waals surface area contributed by atoms with E-state index >= 15 is 0 Å². The molecule has 0 saturated carbocycles. The number of likely N-dealkylation sites (N-methyl/N-ethyl adjacent to an activating group) is 1. The van der Waals surface area contributed by atoms with Crippen LogP contribution in [0.15, 0.2) is 28.6 Å². The highest BCUT2D eigenvalue weighted by Crippen LogP contribution is 2.30. The fraction of sp³-hybridized carbons (Fsp3) is 0.294. The molecule has 4 rings (SSSR count). The first-order chi connectivity index (χ1) is 12.6. The lowest BCUT2D eigenvalue weighted by atomic mass is 10.2. The van der Waals surface area contributed by atoms with Crippen LogP contribution in [-0.2, 0) is 4.79 Å². The molecule has 2 aromatic rings. The van der Waals surface area contributed by atoms with Gasteiger partial charge in [-0.25, -0.2) is 9.97 Å². The number of carbonyl (C=O) groups excluding carboxylic acids is 1. The number of hydrogen-bond acceptors (Lipinski definition) is 8. The van der Waals surface area contributed by atoms with Crippen LogP contribution in [0.5, 0.6) is 0 Å². The van der Waals surface area contributed by atoms with Gasteiger partial charge in [0.2, 0.25) is 0 Å². The Labute approximate surface area is 165 Å². The Morgan fingerprint density at radius 2 is 2.12 bits per heavy atom. The third kappa shape index (κ3) is 3.80. The van der Waals surface area contributed by atoms with Crippen LogP contribution in [-0.4, -0.2) is 58.3 Å². The van der Waals surface area contributed by atoms with Crippen molar-refractivity contribution in [1.82, 2.24) is 20.2 Å². The number of aromatic nitrogens is 2. The van der Waals surface area contributed by atoms with Gasteiger partial charge < -0.3 is 15.1 Å². The summed E-state index contributed by atoms with van der Waals surface area (Å²) < 4.78 is 0.489. The van der Waals surface area contributed by atoms with E-state index in [9.17, 15) is 4.79 Å². The molecule has 9 heteroatoms. The maximum atomic E-state index is 11.8. The Morgan fingerprint density at radius 1 is 1.31 bits per heavy atom. The van der Waals surface area contributed by atoms with E-state index in [1.54, 1.807) is 17.4 Å². The third-order valence-electron chi connectivity index (χ3n) is 4.26. The summed E-state index contributed by atoms with van der Waals surface area (Å²) in [7, 11) is 2.14. The topological polar surface area (TPSA) is 61.4 Å². The Morgan fingerprint density at radius 3 is 2.85 bits per heavy atom. The molecule has 2 aliphatic rings. The van der Waals surface area contributed by atoms with Gasteiger partial charge in [0.05, 0.1) is 10.6 Å². The van der Waals surface area contributed by atoms with Crippen LogP contribution in [0.2, 0.25) is 0 Å². The number of anilines is 1. The fourth-order valence-electron chi connectivity index (χ4n) is 2.80. The minimum Gasteiger partial charge on any atom is -0.354 e. The quantitative estimate of drug-likeness (QED) is 0.624. The average Bonchev–Trinajstić information content (AvgIpc) is 3.22. The van der Waals surface area contributed by atoms with E-state index < -0.39 is 0 Å². The van der Waals surface area contributed by atoms with Crippen molar-refractivity contribution in [2.75, 3.05) is 38.1 Å². The van der Waals surface area contributed by atoms with Gasteiger partial charge in [0.25, 0.3) is 5.91 Å². The van der Waals surface area contributed by atoms with Crippen molar-refractivity contribution < 1.29 is 4.79 Å². The van der Waals surface area contributed by atoms with Gasteiger partial charge in [-0.3, -0.25) is 4.79 Å². The number of nitrogens with zero attached hydrogens (tertiary/aromatic N) is 4. The summed E-state index contributed by atoms with van der Waals surface area (Å²) in [4.78, 5) is 26.2. The molecule has 0 bridgehead atoms. The van der Waals surface area contributed by atoms with Crippen molar-refractivity contribution in [1.29, 1.82) is 0 Å². The van der Waals surface area contributed by atoms with E-state index in [1.165, 1.54) is 11.8 Å². The normalized spacial score (nSPS) is 20.0. The zero-order valence-electron chi connectivity index (χ0n) is 14.1. The minimum absolute atomic E-state index is 0.157.